The van der Waals surface area contributed by atoms with Crippen molar-refractivity contribution in [1.29, 1.82) is 0 Å². The van der Waals surface area contributed by atoms with Crippen LogP contribution in [0, 0.1) is 0 Å². The minimum Gasteiger partial charge on any atom is -0.341 e. The molecule has 4 rings (SSSR count). The molecule has 0 aliphatic carbocycles. The van der Waals surface area contributed by atoms with Crippen molar-refractivity contribution in [3.05, 3.63) is 60.2 Å². The average Bonchev–Trinajstić information content (AvgIpc) is 3.09. The highest BCUT2D eigenvalue weighted by molar-refractivity contribution is 7.97. The Morgan fingerprint density at radius 1 is 0.955 bits per heavy atom. The molecule has 5 heteroatoms. The van der Waals surface area contributed by atoms with E-state index in [1.54, 1.807) is 0 Å². The Kier molecular flexibility index (Phi) is 3.35. The molecule has 0 saturated carbocycles. The van der Waals surface area contributed by atoms with E-state index in [4.69, 9.17) is 4.98 Å². The van der Waals surface area contributed by atoms with Gasteiger partial charge in [-0.3, -0.25) is 0 Å². The monoisotopic (exact) mass is 308 g/mol. The lowest BCUT2D eigenvalue weighted by atomic mass is 10.3. The van der Waals surface area contributed by atoms with Gasteiger partial charge in [-0.15, -0.1) is 11.8 Å². The van der Waals surface area contributed by atoms with E-state index in [0.717, 1.165) is 39.7 Å². The number of fused-ring (bicyclic) bond motifs is 2. The molecule has 0 fully saturated rings. The zero-order valence-corrected chi connectivity index (χ0v) is 13.1. The second-order valence-electron chi connectivity index (χ2n) is 5.27. The highest BCUT2D eigenvalue weighted by atomic mass is 32.2. The third kappa shape index (κ3) is 2.37. The summed E-state index contributed by atoms with van der Waals surface area (Å²) in [7, 11) is 2.08. The van der Waals surface area contributed by atoms with Crippen molar-refractivity contribution in [2.45, 2.75) is 11.5 Å². The maximum absolute atomic E-state index is 4.70. The number of nitrogens with zero attached hydrogens (tertiary/aromatic N) is 3. The molecule has 4 nitrogen and oxygen atoms in total. The number of imidazole rings is 2. The Hall–Kier alpha value is -2.27. The molecule has 110 valence electrons. The molecule has 0 atom stereocenters. The Balaban J connectivity index is 1.48. The lowest BCUT2D eigenvalue weighted by Crippen LogP contribution is -1.96. The van der Waals surface area contributed by atoms with E-state index in [1.165, 1.54) is 5.52 Å². The molecule has 0 spiro atoms. The molecule has 0 radical (unpaired) electrons. The first-order chi connectivity index (χ1) is 10.8. The van der Waals surface area contributed by atoms with Crippen molar-refractivity contribution in [2.24, 2.45) is 7.05 Å². The van der Waals surface area contributed by atoms with Gasteiger partial charge in [-0.05, 0) is 24.3 Å². The van der Waals surface area contributed by atoms with E-state index in [9.17, 15) is 0 Å². The van der Waals surface area contributed by atoms with Crippen LogP contribution in [0.1, 0.15) is 11.6 Å². The van der Waals surface area contributed by atoms with E-state index in [0.29, 0.717) is 0 Å². The molecule has 2 heterocycles. The van der Waals surface area contributed by atoms with Crippen molar-refractivity contribution in [3.8, 4) is 0 Å². The summed E-state index contributed by atoms with van der Waals surface area (Å²) < 4.78 is 2.17. The number of nitrogens with one attached hydrogen (secondary N) is 1. The molecule has 0 aliphatic heterocycles. The number of aromatic nitrogens is 4. The minimum absolute atomic E-state index is 0.859. The molecule has 0 unspecified atom stereocenters. The number of benzene rings is 2. The molecular weight excluding hydrogens is 292 g/mol. The fourth-order valence-corrected chi connectivity index (χ4v) is 3.51. The Labute approximate surface area is 132 Å². The van der Waals surface area contributed by atoms with Gasteiger partial charge in [-0.25, -0.2) is 9.97 Å². The molecule has 0 aliphatic rings. The topological polar surface area (TPSA) is 46.5 Å². The van der Waals surface area contributed by atoms with Gasteiger partial charge in [0.15, 0.2) is 0 Å². The average molecular weight is 308 g/mol. The van der Waals surface area contributed by atoms with Crippen LogP contribution in [-0.4, -0.2) is 19.5 Å². The number of para-hydroxylation sites is 4. The van der Waals surface area contributed by atoms with Gasteiger partial charge in [-0.2, -0.15) is 0 Å². The molecule has 0 amide bonds. The summed E-state index contributed by atoms with van der Waals surface area (Å²) in [5.41, 5.74) is 4.37. The maximum Gasteiger partial charge on any atom is 0.119 e. The summed E-state index contributed by atoms with van der Waals surface area (Å²) in [6, 6.07) is 16.4. The summed E-state index contributed by atoms with van der Waals surface area (Å²) in [5, 5.41) is 0. The third-order valence-electron chi connectivity index (χ3n) is 3.79. The van der Waals surface area contributed by atoms with Crippen molar-refractivity contribution in [1.82, 2.24) is 19.5 Å². The molecule has 4 aromatic rings. The van der Waals surface area contributed by atoms with Crippen LogP contribution in [-0.2, 0) is 18.6 Å². The zero-order chi connectivity index (χ0) is 14.9. The van der Waals surface area contributed by atoms with Crippen LogP contribution in [0.3, 0.4) is 0 Å². The highest BCUT2D eigenvalue weighted by Gasteiger charge is 2.08. The van der Waals surface area contributed by atoms with Crippen molar-refractivity contribution < 1.29 is 0 Å². The number of thioether (sulfide) groups is 1. The normalized spacial score (nSPS) is 11.5. The number of hydrogen-bond donors (Lipinski definition) is 1. The first-order valence-electron chi connectivity index (χ1n) is 7.23. The van der Waals surface area contributed by atoms with Crippen LogP contribution in [0.4, 0.5) is 0 Å². The fraction of sp³-hybridized carbons (Fsp3) is 0.176. The molecule has 2 aromatic carbocycles. The summed E-state index contributed by atoms with van der Waals surface area (Å²) >= 11 is 1.83. The Bertz CT molecular complexity index is 905. The molecule has 1 N–H and O–H groups in total. The van der Waals surface area contributed by atoms with Crippen LogP contribution in [0.5, 0.6) is 0 Å². The number of H-pyrrole nitrogens is 1. The van der Waals surface area contributed by atoms with Gasteiger partial charge in [0.05, 0.1) is 33.6 Å². The van der Waals surface area contributed by atoms with Gasteiger partial charge in [0, 0.05) is 7.05 Å². The SMILES string of the molecule is Cn1c(CSCc2nc3ccccc3[nH]2)nc2ccccc21. The van der Waals surface area contributed by atoms with Gasteiger partial charge in [0.25, 0.3) is 0 Å². The molecular formula is C17H16N4S. The van der Waals surface area contributed by atoms with E-state index >= 15 is 0 Å². The number of aromatic amines is 1. The smallest absolute Gasteiger partial charge is 0.119 e. The van der Waals surface area contributed by atoms with Crippen LogP contribution in [0.15, 0.2) is 48.5 Å². The van der Waals surface area contributed by atoms with Gasteiger partial charge < -0.3 is 9.55 Å². The quantitative estimate of drug-likeness (QED) is 0.622. The van der Waals surface area contributed by atoms with E-state index in [2.05, 4.69) is 45.8 Å². The van der Waals surface area contributed by atoms with Crippen molar-refractivity contribution >= 4 is 33.8 Å². The van der Waals surface area contributed by atoms with Gasteiger partial charge in [0.1, 0.15) is 11.6 Å². The number of aryl methyl sites for hydroxylation is 1. The highest BCUT2D eigenvalue weighted by Crippen LogP contribution is 2.21. The summed E-state index contributed by atoms with van der Waals surface area (Å²) in [6.07, 6.45) is 0. The predicted molar refractivity (Wildman–Crippen MR) is 91.8 cm³/mol. The summed E-state index contributed by atoms with van der Waals surface area (Å²) in [5.74, 6) is 3.85. The standard InChI is InChI=1S/C17H16N4S/c1-21-15-9-5-4-8-14(15)20-17(21)11-22-10-16-18-12-6-2-3-7-13(12)19-16/h2-9H,10-11H2,1H3,(H,18,19). The zero-order valence-electron chi connectivity index (χ0n) is 12.3. The lowest BCUT2D eigenvalue weighted by molar-refractivity contribution is 0.875. The first-order valence-corrected chi connectivity index (χ1v) is 8.38. The summed E-state index contributed by atoms with van der Waals surface area (Å²) in [4.78, 5) is 12.7. The van der Waals surface area contributed by atoms with Crippen molar-refractivity contribution in [2.75, 3.05) is 0 Å². The van der Waals surface area contributed by atoms with Crippen LogP contribution in [0.25, 0.3) is 22.1 Å². The van der Waals surface area contributed by atoms with Gasteiger partial charge >= 0.3 is 0 Å². The Morgan fingerprint density at radius 2 is 1.73 bits per heavy atom. The Morgan fingerprint density at radius 3 is 2.55 bits per heavy atom. The second kappa shape index (κ2) is 5.50. The third-order valence-corrected chi connectivity index (χ3v) is 4.73. The van der Waals surface area contributed by atoms with Gasteiger partial charge in [-0.1, -0.05) is 24.3 Å². The van der Waals surface area contributed by atoms with Crippen LogP contribution in [0.2, 0.25) is 0 Å². The van der Waals surface area contributed by atoms with Gasteiger partial charge in [0.2, 0.25) is 0 Å². The van der Waals surface area contributed by atoms with E-state index in [1.807, 2.05) is 36.0 Å². The second-order valence-corrected chi connectivity index (χ2v) is 6.25. The van der Waals surface area contributed by atoms with Crippen LogP contribution < -0.4 is 0 Å². The predicted octanol–water partition coefficient (Wildman–Crippen LogP) is 3.88. The summed E-state index contributed by atoms with van der Waals surface area (Å²) in [6.45, 7) is 0. The molecule has 0 saturated heterocycles. The number of hydrogen-bond acceptors (Lipinski definition) is 3. The van der Waals surface area contributed by atoms with E-state index in [-0.39, 0.29) is 0 Å². The maximum atomic E-state index is 4.70. The molecule has 22 heavy (non-hydrogen) atoms. The largest absolute Gasteiger partial charge is 0.341 e. The number of rotatable bonds is 4. The molecule has 2 aromatic heterocycles. The van der Waals surface area contributed by atoms with Crippen molar-refractivity contribution in [3.63, 3.8) is 0 Å². The minimum atomic E-state index is 0.859. The first kappa shape index (κ1) is 13.4. The van der Waals surface area contributed by atoms with Crippen LogP contribution >= 0.6 is 11.8 Å². The lowest BCUT2D eigenvalue weighted by Gasteiger charge is -2.01. The van der Waals surface area contributed by atoms with E-state index < -0.39 is 0 Å². The molecule has 0 bridgehead atoms. The fourth-order valence-electron chi connectivity index (χ4n) is 2.64.